The molecule has 0 unspecified atom stereocenters. The molecular weight excluding hydrogens is 287 g/mol. The monoisotopic (exact) mass is 300 g/mol. The zero-order chi connectivity index (χ0) is 13.3. The van der Waals surface area contributed by atoms with E-state index in [1.54, 1.807) is 17.8 Å². The molecule has 1 aromatic heterocycles. The lowest BCUT2D eigenvalue weighted by atomic mass is 10.2. The van der Waals surface area contributed by atoms with Crippen LogP contribution in [0.15, 0.2) is 34.4 Å². The third kappa shape index (κ3) is 3.02. The molecule has 18 heavy (non-hydrogen) atoms. The molecule has 0 aliphatic rings. The first-order valence-electron chi connectivity index (χ1n) is 5.62. The Morgan fingerprint density at radius 1 is 1.17 bits per heavy atom. The van der Waals surface area contributed by atoms with Crippen LogP contribution in [0.5, 0.6) is 0 Å². The van der Waals surface area contributed by atoms with E-state index in [9.17, 15) is 0 Å². The van der Waals surface area contributed by atoms with Crippen molar-refractivity contribution in [1.82, 2.24) is 9.55 Å². The highest BCUT2D eigenvalue weighted by Crippen LogP contribution is 2.35. The Morgan fingerprint density at radius 2 is 1.78 bits per heavy atom. The van der Waals surface area contributed by atoms with Gasteiger partial charge in [0.05, 0.1) is 12.0 Å². The van der Waals surface area contributed by atoms with Gasteiger partial charge in [-0.3, -0.25) is 0 Å². The van der Waals surface area contributed by atoms with Crippen LogP contribution in [0, 0.1) is 0 Å². The molecule has 2 nitrogen and oxygen atoms in total. The average Bonchev–Trinajstić information content (AvgIpc) is 2.59. The van der Waals surface area contributed by atoms with Crippen LogP contribution in [-0.4, -0.2) is 9.55 Å². The Labute approximate surface area is 121 Å². The molecule has 0 bridgehead atoms. The van der Waals surface area contributed by atoms with Gasteiger partial charge in [-0.2, -0.15) is 0 Å². The molecule has 2 aromatic rings. The highest BCUT2D eigenvalue weighted by molar-refractivity contribution is 7.99. The summed E-state index contributed by atoms with van der Waals surface area (Å²) in [5.74, 6) is 0.392. The molecule has 1 aromatic carbocycles. The molecule has 0 radical (unpaired) electrons. The third-order valence-electron chi connectivity index (χ3n) is 2.51. The Hall–Kier alpha value is -0.640. The molecule has 5 heteroatoms. The minimum Gasteiger partial charge on any atom is -0.328 e. The molecule has 0 amide bonds. The number of benzene rings is 1. The molecule has 0 aliphatic carbocycles. The van der Waals surface area contributed by atoms with Gasteiger partial charge in [0.15, 0.2) is 0 Å². The number of hydrogen-bond acceptors (Lipinski definition) is 2. The summed E-state index contributed by atoms with van der Waals surface area (Å²) in [6.45, 7) is 4.27. The predicted octanol–water partition coefficient (Wildman–Crippen LogP) is 5.00. The van der Waals surface area contributed by atoms with E-state index in [1.165, 1.54) is 0 Å². The first-order chi connectivity index (χ1) is 8.47. The lowest BCUT2D eigenvalue weighted by molar-refractivity contribution is 0.764. The summed E-state index contributed by atoms with van der Waals surface area (Å²) in [6, 6.07) is 5.56. The standard InChI is InChI=1S/C13H14Cl2N2S/c1-8(2)12-13(17(3)7-16-12)18-11-5-9(14)4-10(15)6-11/h4-8H,1-3H3. The maximum atomic E-state index is 6.01. The molecule has 0 spiro atoms. The van der Waals surface area contributed by atoms with Crippen molar-refractivity contribution in [2.24, 2.45) is 7.05 Å². The van der Waals surface area contributed by atoms with Gasteiger partial charge in [0.25, 0.3) is 0 Å². The zero-order valence-corrected chi connectivity index (χ0v) is 12.8. The number of rotatable bonds is 3. The lowest BCUT2D eigenvalue weighted by Crippen LogP contribution is -1.94. The molecule has 0 atom stereocenters. The Kier molecular flexibility index (Phi) is 4.25. The van der Waals surface area contributed by atoms with Crippen molar-refractivity contribution in [1.29, 1.82) is 0 Å². The fraction of sp³-hybridized carbons (Fsp3) is 0.308. The number of aryl methyl sites for hydroxylation is 1. The maximum Gasteiger partial charge on any atom is 0.103 e. The van der Waals surface area contributed by atoms with Crippen molar-refractivity contribution < 1.29 is 0 Å². The second kappa shape index (κ2) is 5.55. The summed E-state index contributed by atoms with van der Waals surface area (Å²) in [6.07, 6.45) is 1.84. The maximum absolute atomic E-state index is 6.01. The summed E-state index contributed by atoms with van der Waals surface area (Å²) in [4.78, 5) is 5.46. The van der Waals surface area contributed by atoms with E-state index in [2.05, 4.69) is 18.8 Å². The topological polar surface area (TPSA) is 17.8 Å². The van der Waals surface area contributed by atoms with Crippen molar-refractivity contribution in [3.8, 4) is 0 Å². The highest BCUT2D eigenvalue weighted by Gasteiger charge is 2.14. The van der Waals surface area contributed by atoms with Crippen molar-refractivity contribution in [3.63, 3.8) is 0 Å². The molecular formula is C13H14Cl2N2S. The first kappa shape index (κ1) is 13.8. The van der Waals surface area contributed by atoms with E-state index in [4.69, 9.17) is 23.2 Å². The van der Waals surface area contributed by atoms with Crippen LogP contribution in [0.3, 0.4) is 0 Å². The summed E-state index contributed by atoms with van der Waals surface area (Å²) >= 11 is 13.7. The smallest absolute Gasteiger partial charge is 0.103 e. The molecule has 0 fully saturated rings. The van der Waals surface area contributed by atoms with Crippen LogP contribution in [0.2, 0.25) is 10.0 Å². The van der Waals surface area contributed by atoms with Crippen LogP contribution in [-0.2, 0) is 7.05 Å². The normalized spacial score (nSPS) is 11.2. The molecule has 0 saturated carbocycles. The molecule has 0 N–H and O–H groups in total. The van der Waals surface area contributed by atoms with E-state index < -0.39 is 0 Å². The van der Waals surface area contributed by atoms with E-state index in [0.29, 0.717) is 16.0 Å². The van der Waals surface area contributed by atoms with Gasteiger partial charge in [0.1, 0.15) is 5.03 Å². The minimum atomic E-state index is 0.392. The molecule has 1 heterocycles. The fourth-order valence-electron chi connectivity index (χ4n) is 1.66. The number of nitrogens with zero attached hydrogens (tertiary/aromatic N) is 2. The van der Waals surface area contributed by atoms with Crippen LogP contribution in [0.1, 0.15) is 25.5 Å². The van der Waals surface area contributed by atoms with Crippen LogP contribution >= 0.6 is 35.0 Å². The highest BCUT2D eigenvalue weighted by atomic mass is 35.5. The number of halogens is 2. The largest absolute Gasteiger partial charge is 0.328 e. The third-order valence-corrected chi connectivity index (χ3v) is 4.11. The van der Waals surface area contributed by atoms with Gasteiger partial charge in [0, 0.05) is 22.0 Å². The van der Waals surface area contributed by atoms with Gasteiger partial charge >= 0.3 is 0 Å². The van der Waals surface area contributed by atoms with Crippen LogP contribution in [0.4, 0.5) is 0 Å². The Balaban J connectivity index is 2.36. The van der Waals surface area contributed by atoms with Gasteiger partial charge in [-0.05, 0) is 24.1 Å². The molecule has 96 valence electrons. The van der Waals surface area contributed by atoms with E-state index in [1.807, 2.05) is 30.1 Å². The quantitative estimate of drug-likeness (QED) is 0.793. The van der Waals surface area contributed by atoms with Crippen molar-refractivity contribution in [3.05, 3.63) is 40.3 Å². The summed E-state index contributed by atoms with van der Waals surface area (Å²) in [5.41, 5.74) is 1.10. The molecule has 0 saturated heterocycles. The van der Waals surface area contributed by atoms with Gasteiger partial charge < -0.3 is 4.57 Å². The molecule has 0 aliphatic heterocycles. The summed E-state index contributed by atoms with van der Waals surface area (Å²) < 4.78 is 2.02. The lowest BCUT2D eigenvalue weighted by Gasteiger charge is -2.08. The van der Waals surface area contributed by atoms with E-state index in [-0.39, 0.29) is 0 Å². The molecule has 2 rings (SSSR count). The van der Waals surface area contributed by atoms with Gasteiger partial charge in [-0.25, -0.2) is 4.98 Å². The van der Waals surface area contributed by atoms with Crippen LogP contribution in [0.25, 0.3) is 0 Å². The fourth-order valence-corrected chi connectivity index (χ4v) is 3.49. The van der Waals surface area contributed by atoms with Gasteiger partial charge in [0.2, 0.25) is 0 Å². The van der Waals surface area contributed by atoms with Crippen molar-refractivity contribution in [2.45, 2.75) is 29.7 Å². The summed E-state index contributed by atoms with van der Waals surface area (Å²) in [7, 11) is 1.99. The van der Waals surface area contributed by atoms with E-state index in [0.717, 1.165) is 15.6 Å². The predicted molar refractivity (Wildman–Crippen MR) is 77.9 cm³/mol. The van der Waals surface area contributed by atoms with Crippen molar-refractivity contribution >= 4 is 35.0 Å². The van der Waals surface area contributed by atoms with Gasteiger partial charge in [-0.1, -0.05) is 48.8 Å². The second-order valence-electron chi connectivity index (χ2n) is 4.41. The zero-order valence-electron chi connectivity index (χ0n) is 10.4. The summed E-state index contributed by atoms with van der Waals surface area (Å²) in [5, 5.41) is 2.43. The van der Waals surface area contributed by atoms with Gasteiger partial charge in [-0.15, -0.1) is 0 Å². The second-order valence-corrected chi connectivity index (χ2v) is 6.34. The number of hydrogen-bond donors (Lipinski definition) is 0. The number of imidazole rings is 1. The first-order valence-corrected chi connectivity index (χ1v) is 7.19. The Bertz CT molecular complexity index is 544. The SMILES string of the molecule is CC(C)c1ncn(C)c1Sc1cc(Cl)cc(Cl)c1. The minimum absolute atomic E-state index is 0.392. The average molecular weight is 301 g/mol. The Morgan fingerprint density at radius 3 is 2.33 bits per heavy atom. The van der Waals surface area contributed by atoms with E-state index >= 15 is 0 Å². The number of aromatic nitrogens is 2. The van der Waals surface area contributed by atoms with Crippen molar-refractivity contribution in [2.75, 3.05) is 0 Å². The van der Waals surface area contributed by atoms with Crippen LogP contribution < -0.4 is 0 Å².